The van der Waals surface area contributed by atoms with Gasteiger partial charge in [0.15, 0.2) is 0 Å². The lowest BCUT2D eigenvalue weighted by molar-refractivity contribution is 0.282. The number of benzene rings is 2. The van der Waals surface area contributed by atoms with E-state index in [9.17, 15) is 5.26 Å². The zero-order valence-corrected chi connectivity index (χ0v) is 11.8. The fourth-order valence-electron chi connectivity index (χ4n) is 2.20. The first kappa shape index (κ1) is 14.1. The molecular formula is C17H18N2O. The van der Waals surface area contributed by atoms with Gasteiger partial charge in [-0.2, -0.15) is 5.26 Å². The van der Waals surface area contributed by atoms with Crippen molar-refractivity contribution in [3.8, 4) is 11.8 Å². The van der Waals surface area contributed by atoms with E-state index in [0.29, 0.717) is 0 Å². The minimum absolute atomic E-state index is 0.287. The molecule has 0 spiro atoms. The summed E-state index contributed by atoms with van der Waals surface area (Å²) < 4.78 is 5.22. The van der Waals surface area contributed by atoms with Gasteiger partial charge in [0.2, 0.25) is 0 Å². The van der Waals surface area contributed by atoms with Crippen molar-refractivity contribution < 1.29 is 4.74 Å². The topological polar surface area (TPSA) is 36.3 Å². The lowest BCUT2D eigenvalue weighted by Gasteiger charge is -2.23. The van der Waals surface area contributed by atoms with Crippen molar-refractivity contribution in [3.63, 3.8) is 0 Å². The fraction of sp³-hybridized carbons (Fsp3) is 0.235. The number of hydrogen-bond donors (Lipinski definition) is 0. The van der Waals surface area contributed by atoms with E-state index in [1.807, 2.05) is 54.4 Å². The molecule has 0 heterocycles. The Kier molecular flexibility index (Phi) is 4.75. The Morgan fingerprint density at radius 3 is 2.55 bits per heavy atom. The third-order valence-corrected chi connectivity index (χ3v) is 3.25. The van der Waals surface area contributed by atoms with E-state index in [0.717, 1.165) is 17.9 Å². The second kappa shape index (κ2) is 6.74. The quantitative estimate of drug-likeness (QED) is 0.832. The highest BCUT2D eigenvalue weighted by molar-refractivity contribution is 5.33. The summed E-state index contributed by atoms with van der Waals surface area (Å²) in [7, 11) is 3.59. The molecule has 0 aromatic heterocycles. The van der Waals surface area contributed by atoms with Gasteiger partial charge in [0.25, 0.3) is 0 Å². The van der Waals surface area contributed by atoms with E-state index in [-0.39, 0.29) is 6.04 Å². The first-order valence-corrected chi connectivity index (χ1v) is 6.52. The number of nitriles is 1. The minimum atomic E-state index is -0.287. The van der Waals surface area contributed by atoms with Gasteiger partial charge in [-0.1, -0.05) is 42.5 Å². The van der Waals surface area contributed by atoms with Crippen LogP contribution in [0.4, 0.5) is 0 Å². The standard InChI is InChI=1S/C17H18N2O/c1-19(13-14-7-4-3-5-8-14)17(12-18)15-9-6-10-16(11-15)20-2/h3-11,17H,13H2,1-2H3. The molecule has 0 saturated heterocycles. The van der Waals surface area contributed by atoms with Crippen molar-refractivity contribution in [3.05, 3.63) is 65.7 Å². The van der Waals surface area contributed by atoms with Crippen LogP contribution in [-0.2, 0) is 6.54 Å². The molecule has 1 unspecified atom stereocenters. The van der Waals surface area contributed by atoms with E-state index in [2.05, 4.69) is 18.2 Å². The second-order valence-corrected chi connectivity index (χ2v) is 4.71. The highest BCUT2D eigenvalue weighted by Crippen LogP contribution is 2.24. The molecule has 20 heavy (non-hydrogen) atoms. The minimum Gasteiger partial charge on any atom is -0.497 e. The van der Waals surface area contributed by atoms with Crippen LogP contribution in [0.25, 0.3) is 0 Å². The Hall–Kier alpha value is -2.31. The van der Waals surface area contributed by atoms with E-state index in [4.69, 9.17) is 4.74 Å². The summed E-state index contributed by atoms with van der Waals surface area (Å²) in [6.07, 6.45) is 0. The molecule has 102 valence electrons. The van der Waals surface area contributed by atoms with Crippen molar-refractivity contribution in [1.82, 2.24) is 4.90 Å². The van der Waals surface area contributed by atoms with Crippen LogP contribution in [-0.4, -0.2) is 19.1 Å². The number of rotatable bonds is 5. The summed E-state index contributed by atoms with van der Waals surface area (Å²) in [6.45, 7) is 0.732. The van der Waals surface area contributed by atoms with Crippen LogP contribution in [0.15, 0.2) is 54.6 Å². The number of ether oxygens (including phenoxy) is 1. The molecule has 0 aliphatic heterocycles. The highest BCUT2D eigenvalue weighted by atomic mass is 16.5. The molecule has 0 aliphatic rings. The third kappa shape index (κ3) is 3.37. The van der Waals surface area contributed by atoms with Gasteiger partial charge in [-0.15, -0.1) is 0 Å². The van der Waals surface area contributed by atoms with Crippen LogP contribution in [0.1, 0.15) is 17.2 Å². The molecule has 2 aromatic carbocycles. The van der Waals surface area contributed by atoms with Crippen LogP contribution in [0.3, 0.4) is 0 Å². The van der Waals surface area contributed by atoms with Gasteiger partial charge in [-0.25, -0.2) is 0 Å². The molecule has 0 saturated carbocycles. The number of hydrogen-bond acceptors (Lipinski definition) is 3. The maximum absolute atomic E-state index is 9.46. The summed E-state index contributed by atoms with van der Waals surface area (Å²) >= 11 is 0. The maximum Gasteiger partial charge on any atom is 0.124 e. The van der Waals surface area contributed by atoms with Crippen molar-refractivity contribution in [1.29, 1.82) is 5.26 Å². The van der Waals surface area contributed by atoms with E-state index in [1.54, 1.807) is 7.11 Å². The van der Waals surface area contributed by atoms with E-state index < -0.39 is 0 Å². The normalized spacial score (nSPS) is 11.9. The van der Waals surface area contributed by atoms with E-state index >= 15 is 0 Å². The second-order valence-electron chi connectivity index (χ2n) is 4.71. The van der Waals surface area contributed by atoms with Crippen molar-refractivity contribution >= 4 is 0 Å². The summed E-state index contributed by atoms with van der Waals surface area (Å²) in [5, 5.41) is 9.46. The molecule has 0 fully saturated rings. The van der Waals surface area contributed by atoms with Gasteiger partial charge in [0.05, 0.1) is 13.2 Å². The summed E-state index contributed by atoms with van der Waals surface area (Å²) in [4.78, 5) is 2.03. The molecule has 3 heteroatoms. The Labute approximate surface area is 120 Å². The molecule has 0 radical (unpaired) electrons. The van der Waals surface area contributed by atoms with Gasteiger partial charge in [-0.3, -0.25) is 4.90 Å². The lowest BCUT2D eigenvalue weighted by atomic mass is 10.1. The van der Waals surface area contributed by atoms with Crippen molar-refractivity contribution in [2.45, 2.75) is 12.6 Å². The van der Waals surface area contributed by atoms with Gasteiger partial charge < -0.3 is 4.74 Å². The first-order chi connectivity index (χ1) is 9.74. The largest absolute Gasteiger partial charge is 0.497 e. The van der Waals surface area contributed by atoms with Crippen LogP contribution >= 0.6 is 0 Å². The molecule has 2 aromatic rings. The molecule has 0 aliphatic carbocycles. The zero-order valence-electron chi connectivity index (χ0n) is 11.8. The van der Waals surface area contributed by atoms with Gasteiger partial charge in [0.1, 0.15) is 11.8 Å². The van der Waals surface area contributed by atoms with Gasteiger partial charge >= 0.3 is 0 Å². The molecule has 1 atom stereocenters. The average molecular weight is 266 g/mol. The zero-order chi connectivity index (χ0) is 14.4. The smallest absolute Gasteiger partial charge is 0.124 e. The first-order valence-electron chi connectivity index (χ1n) is 6.52. The Balaban J connectivity index is 2.17. The highest BCUT2D eigenvalue weighted by Gasteiger charge is 2.17. The Morgan fingerprint density at radius 1 is 1.15 bits per heavy atom. The van der Waals surface area contributed by atoms with Crippen LogP contribution in [0.2, 0.25) is 0 Å². The lowest BCUT2D eigenvalue weighted by Crippen LogP contribution is -2.23. The van der Waals surface area contributed by atoms with E-state index in [1.165, 1.54) is 5.56 Å². The fourth-order valence-corrected chi connectivity index (χ4v) is 2.20. The van der Waals surface area contributed by atoms with Gasteiger partial charge in [0, 0.05) is 6.54 Å². The predicted octanol–water partition coefficient (Wildman–Crippen LogP) is 3.39. The summed E-state index contributed by atoms with van der Waals surface area (Å²) in [5.74, 6) is 0.774. The monoisotopic (exact) mass is 266 g/mol. The average Bonchev–Trinajstić information content (AvgIpc) is 2.49. The van der Waals surface area contributed by atoms with Crippen LogP contribution < -0.4 is 4.74 Å². The molecular weight excluding hydrogens is 248 g/mol. The van der Waals surface area contributed by atoms with Gasteiger partial charge in [-0.05, 0) is 30.3 Å². The number of nitrogens with zero attached hydrogens (tertiary/aromatic N) is 2. The Morgan fingerprint density at radius 2 is 1.90 bits per heavy atom. The third-order valence-electron chi connectivity index (χ3n) is 3.25. The number of methoxy groups -OCH3 is 1. The summed E-state index contributed by atoms with van der Waals surface area (Å²) in [6, 6.07) is 19.9. The molecule has 3 nitrogen and oxygen atoms in total. The molecule has 0 N–H and O–H groups in total. The molecule has 0 bridgehead atoms. The van der Waals surface area contributed by atoms with Crippen LogP contribution in [0.5, 0.6) is 5.75 Å². The van der Waals surface area contributed by atoms with Crippen molar-refractivity contribution in [2.75, 3.05) is 14.2 Å². The summed E-state index contributed by atoms with van der Waals surface area (Å²) in [5.41, 5.74) is 2.14. The van der Waals surface area contributed by atoms with Crippen LogP contribution in [0, 0.1) is 11.3 Å². The maximum atomic E-state index is 9.46. The SMILES string of the molecule is COc1cccc(C(C#N)N(C)Cc2ccccc2)c1. The molecule has 2 rings (SSSR count). The Bertz CT molecular complexity index is 589. The molecule has 0 amide bonds. The predicted molar refractivity (Wildman–Crippen MR) is 79.3 cm³/mol. The van der Waals surface area contributed by atoms with Crippen molar-refractivity contribution in [2.24, 2.45) is 0 Å².